The molecule has 2 N–H and O–H groups in total. The number of halogens is 2. The molecule has 0 aliphatic rings. The fraction of sp³-hybridized carbons (Fsp3) is 0.333. The van der Waals surface area contributed by atoms with Crippen molar-refractivity contribution in [2.24, 2.45) is 0 Å². The summed E-state index contributed by atoms with van der Waals surface area (Å²) in [7, 11) is 0. The molecule has 0 aliphatic carbocycles. The number of aliphatic carboxylic acids is 1. The summed E-state index contributed by atoms with van der Waals surface area (Å²) in [6.07, 6.45) is 0.482. The summed E-state index contributed by atoms with van der Waals surface area (Å²) in [4.78, 5) is 10.8. The summed E-state index contributed by atoms with van der Waals surface area (Å²) in [5.74, 6) is -0.831. The molecule has 0 aliphatic heterocycles. The van der Waals surface area contributed by atoms with Crippen LogP contribution < -0.4 is 5.32 Å². The molecule has 0 saturated heterocycles. The quantitative estimate of drug-likeness (QED) is 0.821. The van der Waals surface area contributed by atoms with Crippen LogP contribution in [0, 0.1) is 0 Å². The Bertz CT molecular complexity index is 476. The van der Waals surface area contributed by atoms with Crippen LogP contribution in [-0.2, 0) is 4.79 Å². The van der Waals surface area contributed by atoms with Crippen LogP contribution in [-0.4, -0.2) is 26.5 Å². The maximum absolute atomic E-state index is 10.8. The lowest BCUT2D eigenvalue weighted by atomic mass is 10.2. The van der Waals surface area contributed by atoms with Crippen LogP contribution in [0.15, 0.2) is 11.3 Å². The van der Waals surface area contributed by atoms with Gasteiger partial charge in [0.1, 0.15) is 5.02 Å². The van der Waals surface area contributed by atoms with Gasteiger partial charge in [0.2, 0.25) is 0 Å². The monoisotopic (exact) mass is 276 g/mol. The van der Waals surface area contributed by atoms with Crippen LogP contribution in [0.3, 0.4) is 0 Å². The Labute approximate surface area is 108 Å². The summed E-state index contributed by atoms with van der Waals surface area (Å²) in [6, 6.07) is 0. The van der Waals surface area contributed by atoms with Gasteiger partial charge in [0.15, 0.2) is 11.0 Å². The lowest BCUT2D eigenvalue weighted by Crippen LogP contribution is -2.10. The molecule has 8 heteroatoms. The van der Waals surface area contributed by atoms with Gasteiger partial charge in [0, 0.05) is 5.70 Å². The Balaban J connectivity index is 3.08. The number of carboxylic acid groups (broad SMARTS) is 1. The Morgan fingerprint density at radius 2 is 2.06 bits per heavy atom. The molecule has 1 aromatic heterocycles. The predicted molar refractivity (Wildman–Crippen MR) is 64.1 cm³/mol. The molecule has 1 heterocycles. The highest BCUT2D eigenvalue weighted by Crippen LogP contribution is 2.26. The third kappa shape index (κ3) is 3.28. The van der Waals surface area contributed by atoms with Gasteiger partial charge in [-0.1, -0.05) is 30.1 Å². The van der Waals surface area contributed by atoms with E-state index in [0.717, 1.165) is 0 Å². The number of carboxylic acids is 1. The molecule has 1 aromatic rings. The highest BCUT2D eigenvalue weighted by Gasteiger charge is 2.13. The molecule has 0 bridgehead atoms. The van der Waals surface area contributed by atoms with Crippen molar-refractivity contribution >= 4 is 35.0 Å². The van der Waals surface area contributed by atoms with E-state index in [0.29, 0.717) is 12.1 Å². The van der Waals surface area contributed by atoms with E-state index >= 15 is 0 Å². The molecule has 17 heavy (non-hydrogen) atoms. The first-order valence-corrected chi connectivity index (χ1v) is 5.47. The van der Waals surface area contributed by atoms with Crippen molar-refractivity contribution < 1.29 is 9.90 Å². The Kier molecular flexibility index (Phi) is 4.65. The third-order valence-electron chi connectivity index (χ3n) is 2.06. The number of anilines is 1. The molecule has 0 aromatic carbocycles. The molecule has 0 radical (unpaired) electrons. The normalized spacial score (nSPS) is 12.0. The second kappa shape index (κ2) is 5.79. The summed E-state index contributed by atoms with van der Waals surface area (Å²) in [6.45, 7) is 3.29. The van der Waals surface area contributed by atoms with Gasteiger partial charge in [-0.15, -0.1) is 10.2 Å². The van der Waals surface area contributed by atoms with Gasteiger partial charge in [-0.25, -0.2) is 4.79 Å². The second-order valence-electron chi connectivity index (χ2n) is 3.13. The number of rotatable bonds is 4. The van der Waals surface area contributed by atoms with E-state index < -0.39 is 5.97 Å². The smallest absolute Gasteiger partial charge is 0.333 e. The van der Waals surface area contributed by atoms with Crippen LogP contribution >= 0.6 is 23.2 Å². The van der Waals surface area contributed by atoms with Crippen LogP contribution in [0.4, 0.5) is 5.82 Å². The minimum absolute atomic E-state index is 0.00703. The molecule has 1 rings (SSSR count). The molecule has 92 valence electrons. The van der Waals surface area contributed by atoms with Crippen molar-refractivity contribution in [2.75, 3.05) is 5.32 Å². The summed E-state index contributed by atoms with van der Waals surface area (Å²) in [5.41, 5.74) is 0.661. The van der Waals surface area contributed by atoms with Crippen LogP contribution in [0.5, 0.6) is 0 Å². The molecule has 0 atom stereocenters. The Morgan fingerprint density at radius 1 is 1.41 bits per heavy atom. The zero-order chi connectivity index (χ0) is 13.0. The van der Waals surface area contributed by atoms with Crippen molar-refractivity contribution in [3.8, 4) is 0 Å². The number of nitrogens with one attached hydrogen (secondary N) is 1. The van der Waals surface area contributed by atoms with Crippen molar-refractivity contribution in [1.82, 2.24) is 15.4 Å². The highest BCUT2D eigenvalue weighted by molar-refractivity contribution is 6.42. The topological polar surface area (TPSA) is 88.0 Å². The average molecular weight is 277 g/mol. The molecule has 6 nitrogen and oxygen atoms in total. The van der Waals surface area contributed by atoms with Gasteiger partial charge in [-0.05, 0) is 18.6 Å². The maximum atomic E-state index is 10.8. The molecule has 0 unspecified atom stereocenters. The van der Waals surface area contributed by atoms with Crippen molar-refractivity contribution in [3.05, 3.63) is 21.4 Å². The first-order valence-electron chi connectivity index (χ1n) is 4.71. The molecular weight excluding hydrogens is 267 g/mol. The number of allylic oxidation sites excluding steroid dienone is 1. The SMILES string of the molecule is CC/C(Nc1nnnc(Cl)c1Cl)=C(/C)C(=O)O. The number of nitrogens with zero attached hydrogens (tertiary/aromatic N) is 3. The largest absolute Gasteiger partial charge is 0.478 e. The van der Waals surface area contributed by atoms with Gasteiger partial charge in [0.05, 0.1) is 5.57 Å². The predicted octanol–water partition coefficient (Wildman–Crippen LogP) is 2.36. The minimum Gasteiger partial charge on any atom is -0.478 e. The molecule has 0 spiro atoms. The minimum atomic E-state index is -1.02. The van der Waals surface area contributed by atoms with Crippen molar-refractivity contribution in [3.63, 3.8) is 0 Å². The van der Waals surface area contributed by atoms with E-state index in [1.807, 2.05) is 0 Å². The fourth-order valence-corrected chi connectivity index (χ4v) is 1.34. The molecule has 0 saturated carbocycles. The van der Waals surface area contributed by atoms with Gasteiger partial charge < -0.3 is 10.4 Å². The molecular formula is C9H10Cl2N4O2. The molecule has 0 fully saturated rings. The molecule has 0 amide bonds. The fourth-order valence-electron chi connectivity index (χ4n) is 1.09. The first kappa shape index (κ1) is 13.7. The number of aromatic nitrogens is 3. The summed E-state index contributed by atoms with van der Waals surface area (Å²) in [5, 5.41) is 22.3. The van der Waals surface area contributed by atoms with E-state index in [1.165, 1.54) is 6.92 Å². The average Bonchev–Trinajstić information content (AvgIpc) is 2.30. The highest BCUT2D eigenvalue weighted by atomic mass is 35.5. The van der Waals surface area contributed by atoms with Crippen LogP contribution in [0.25, 0.3) is 0 Å². The second-order valence-corrected chi connectivity index (χ2v) is 3.87. The zero-order valence-electron chi connectivity index (χ0n) is 9.16. The van der Waals surface area contributed by atoms with E-state index in [4.69, 9.17) is 28.3 Å². The van der Waals surface area contributed by atoms with Gasteiger partial charge in [0.25, 0.3) is 0 Å². The van der Waals surface area contributed by atoms with Gasteiger partial charge >= 0.3 is 5.97 Å². The summed E-state index contributed by atoms with van der Waals surface area (Å²) >= 11 is 11.5. The zero-order valence-corrected chi connectivity index (χ0v) is 10.7. The summed E-state index contributed by atoms with van der Waals surface area (Å²) < 4.78 is 0. The standard InChI is InChI=1S/C9H10Cl2N4O2/c1-3-5(4(2)9(16)17)12-8-6(10)7(11)13-15-14-8/h3H2,1-2H3,(H,16,17)(H,12,13,14)/b5-4+. The van der Waals surface area contributed by atoms with E-state index in [9.17, 15) is 4.79 Å². The van der Waals surface area contributed by atoms with Crippen LogP contribution in [0.2, 0.25) is 10.2 Å². The van der Waals surface area contributed by atoms with E-state index in [-0.39, 0.29) is 21.6 Å². The van der Waals surface area contributed by atoms with Gasteiger partial charge in [-0.2, -0.15) is 0 Å². The lowest BCUT2D eigenvalue weighted by Gasteiger charge is -2.10. The third-order valence-corrected chi connectivity index (χ3v) is 2.78. The Morgan fingerprint density at radius 3 is 2.59 bits per heavy atom. The first-order chi connectivity index (χ1) is 7.97. The maximum Gasteiger partial charge on any atom is 0.333 e. The van der Waals surface area contributed by atoms with Crippen molar-refractivity contribution in [1.29, 1.82) is 0 Å². The van der Waals surface area contributed by atoms with E-state index in [1.54, 1.807) is 6.92 Å². The van der Waals surface area contributed by atoms with Crippen molar-refractivity contribution in [2.45, 2.75) is 20.3 Å². The lowest BCUT2D eigenvalue weighted by molar-refractivity contribution is -0.132. The van der Waals surface area contributed by atoms with Gasteiger partial charge in [-0.3, -0.25) is 0 Å². The van der Waals surface area contributed by atoms with Crippen LogP contribution in [0.1, 0.15) is 20.3 Å². The number of hydrogen-bond donors (Lipinski definition) is 2. The Hall–Kier alpha value is -1.40. The number of carbonyl (C=O) groups is 1. The van der Waals surface area contributed by atoms with E-state index in [2.05, 4.69) is 20.7 Å². The number of hydrogen-bond acceptors (Lipinski definition) is 5.